The van der Waals surface area contributed by atoms with Crippen molar-refractivity contribution >= 4 is 51.9 Å². The first kappa shape index (κ1) is 41.3. The van der Waals surface area contributed by atoms with Crippen molar-refractivity contribution in [2.45, 2.75) is 75.1 Å². The van der Waals surface area contributed by atoms with Crippen molar-refractivity contribution in [3.05, 3.63) is 72.3 Å². The van der Waals surface area contributed by atoms with Crippen LogP contribution in [0.1, 0.15) is 70.9 Å². The highest BCUT2D eigenvalue weighted by atomic mass is 32.2. The van der Waals surface area contributed by atoms with Crippen LogP contribution in [0.4, 0.5) is 11.4 Å². The highest BCUT2D eigenvalue weighted by Gasteiger charge is 2.42. The van der Waals surface area contributed by atoms with Crippen LogP contribution in [0, 0.1) is 5.41 Å². The largest absolute Gasteiger partial charge is 0.508 e. The molecule has 0 fully saturated rings. The van der Waals surface area contributed by atoms with Gasteiger partial charge >= 0.3 is 0 Å². The van der Waals surface area contributed by atoms with E-state index in [-0.39, 0.29) is 28.7 Å². The van der Waals surface area contributed by atoms with Gasteiger partial charge in [-0.25, -0.2) is 8.42 Å². The SMILES string of the molecule is CCCCC1(CCCC)CN(c2ccccc2)c2cc(SC)c(OCC(=O)N[C@@H](C(=O)NCCP(C)(=O)CC)c3ccc(O)cc3)cc2S(=O)(=O)C1. The molecule has 2 atom stereocenters. The smallest absolute Gasteiger partial charge is 0.258 e. The molecule has 1 aliphatic heterocycles. The summed E-state index contributed by atoms with van der Waals surface area (Å²) in [5, 5.41) is 15.3. The van der Waals surface area contributed by atoms with Gasteiger partial charge in [-0.15, -0.1) is 11.8 Å². The number of hydrogen-bond acceptors (Lipinski definition) is 9. The van der Waals surface area contributed by atoms with Gasteiger partial charge in [0.2, 0.25) is 5.91 Å². The van der Waals surface area contributed by atoms with E-state index >= 15 is 0 Å². The number of hydrogen-bond donors (Lipinski definition) is 3. The van der Waals surface area contributed by atoms with E-state index in [1.165, 1.54) is 23.9 Å². The topological polar surface area (TPSA) is 142 Å². The van der Waals surface area contributed by atoms with Crippen LogP contribution in [0.15, 0.2) is 76.5 Å². The number of phenols is 1. The number of carbonyl (C=O) groups excluding carboxylic acids is 2. The maximum absolute atomic E-state index is 14.4. The second-order valence-electron chi connectivity index (χ2n) is 13.9. The number of thioether (sulfide) groups is 1. The lowest BCUT2D eigenvalue weighted by atomic mass is 9.79. The number of ether oxygens (including phenoxy) is 1. The van der Waals surface area contributed by atoms with Gasteiger partial charge in [0.1, 0.15) is 17.5 Å². The fourth-order valence-electron chi connectivity index (χ4n) is 6.57. The Balaban J connectivity index is 1.65. The van der Waals surface area contributed by atoms with Crippen molar-refractivity contribution in [2.24, 2.45) is 5.41 Å². The third-order valence-corrected chi connectivity index (χ3v) is 15.0. The summed E-state index contributed by atoms with van der Waals surface area (Å²) in [6.45, 7) is 8.06. The molecule has 0 saturated heterocycles. The molecule has 0 radical (unpaired) electrons. The molecule has 13 heteroatoms. The standard InChI is InChI=1S/C39H54N3O7PS2/c1-6-9-20-39(21-10-7-2)27-42(30-14-12-11-13-15-30)32-24-34(51-5)33(25-35(32)52(47,48)28-39)49-26-36(44)41-37(29-16-18-31(43)19-17-29)38(45)40-22-23-50(4,46)8-3/h11-19,24-25,37,43H,6-10,20-23,26-28H2,1-5H3,(H,40,45)(H,41,44)/t37-,50?/m1/s1. The average molecular weight is 772 g/mol. The second-order valence-corrected chi connectivity index (χ2v) is 20.3. The summed E-state index contributed by atoms with van der Waals surface area (Å²) in [5.74, 6) is -0.807. The van der Waals surface area contributed by atoms with Gasteiger partial charge in [-0.1, -0.05) is 76.8 Å². The van der Waals surface area contributed by atoms with E-state index in [9.17, 15) is 27.7 Å². The van der Waals surface area contributed by atoms with Crippen LogP contribution in [0.3, 0.4) is 0 Å². The number of rotatable bonds is 18. The van der Waals surface area contributed by atoms with Gasteiger partial charge in [-0.3, -0.25) is 9.59 Å². The molecule has 3 aromatic carbocycles. The van der Waals surface area contributed by atoms with Gasteiger partial charge in [0, 0.05) is 36.4 Å². The lowest BCUT2D eigenvalue weighted by Crippen LogP contribution is -2.42. The molecule has 2 amide bonds. The molecule has 10 nitrogen and oxygen atoms in total. The first-order valence-electron chi connectivity index (χ1n) is 18.1. The van der Waals surface area contributed by atoms with E-state index in [4.69, 9.17) is 4.74 Å². The number of fused-ring (bicyclic) bond motifs is 1. The summed E-state index contributed by atoms with van der Waals surface area (Å²) >= 11 is 1.39. The summed E-state index contributed by atoms with van der Waals surface area (Å²) in [6.07, 6.45) is 8.11. The maximum Gasteiger partial charge on any atom is 0.258 e. The Morgan fingerprint density at radius 1 is 1.02 bits per heavy atom. The van der Waals surface area contributed by atoms with Crippen molar-refractivity contribution in [3.8, 4) is 11.5 Å². The Morgan fingerprint density at radius 3 is 2.27 bits per heavy atom. The minimum atomic E-state index is -3.79. The number of nitrogens with zero attached hydrogens (tertiary/aromatic N) is 1. The minimum Gasteiger partial charge on any atom is -0.508 e. The molecule has 284 valence electrons. The molecular formula is C39H54N3O7PS2. The Labute approximate surface area is 313 Å². The molecule has 4 rings (SSSR count). The van der Waals surface area contributed by atoms with E-state index in [0.29, 0.717) is 35.0 Å². The number of phenolic OH excluding ortho intramolecular Hbond substituents is 1. The van der Waals surface area contributed by atoms with Crippen LogP contribution in [0.25, 0.3) is 0 Å². The first-order chi connectivity index (χ1) is 24.8. The van der Waals surface area contributed by atoms with Gasteiger partial charge < -0.3 is 29.9 Å². The average Bonchev–Trinajstić information content (AvgIpc) is 3.22. The number of sulfone groups is 1. The Bertz CT molecular complexity index is 1810. The molecule has 0 aliphatic carbocycles. The summed E-state index contributed by atoms with van der Waals surface area (Å²) in [6, 6.07) is 18.1. The number of aromatic hydroxyl groups is 1. The van der Waals surface area contributed by atoms with Crippen molar-refractivity contribution in [1.29, 1.82) is 0 Å². The molecule has 52 heavy (non-hydrogen) atoms. The Morgan fingerprint density at radius 2 is 1.67 bits per heavy atom. The van der Waals surface area contributed by atoms with Crippen LogP contribution in [0.5, 0.6) is 11.5 Å². The van der Waals surface area contributed by atoms with E-state index in [1.807, 2.05) is 49.6 Å². The molecule has 0 spiro atoms. The molecule has 1 unspecified atom stereocenters. The van der Waals surface area contributed by atoms with Crippen LogP contribution >= 0.6 is 18.9 Å². The zero-order valence-electron chi connectivity index (χ0n) is 31.0. The van der Waals surface area contributed by atoms with Gasteiger partial charge in [0.05, 0.1) is 28.4 Å². The summed E-state index contributed by atoms with van der Waals surface area (Å²) in [4.78, 5) is 29.7. The quantitative estimate of drug-likeness (QED) is 0.0874. The number of carbonyl (C=O) groups is 2. The van der Waals surface area contributed by atoms with Crippen molar-refractivity contribution < 1.29 is 32.4 Å². The summed E-state index contributed by atoms with van der Waals surface area (Å²) in [5.41, 5.74) is 1.49. The van der Waals surface area contributed by atoms with Crippen molar-refractivity contribution in [1.82, 2.24) is 10.6 Å². The summed E-state index contributed by atoms with van der Waals surface area (Å²) < 4.78 is 47.4. The second kappa shape index (κ2) is 18.5. The normalized spacial score (nSPS) is 16.5. The lowest BCUT2D eigenvalue weighted by Gasteiger charge is -2.37. The van der Waals surface area contributed by atoms with Crippen LogP contribution in [-0.2, 0) is 24.0 Å². The lowest BCUT2D eigenvalue weighted by molar-refractivity contribution is -0.130. The van der Waals surface area contributed by atoms with E-state index in [2.05, 4.69) is 29.4 Å². The summed E-state index contributed by atoms with van der Waals surface area (Å²) in [7, 11) is -6.17. The van der Waals surface area contributed by atoms with Crippen LogP contribution in [0.2, 0.25) is 0 Å². The molecular weight excluding hydrogens is 718 g/mol. The molecule has 1 aliphatic rings. The highest BCUT2D eigenvalue weighted by molar-refractivity contribution is 7.98. The molecule has 3 aromatic rings. The zero-order valence-corrected chi connectivity index (χ0v) is 33.5. The molecule has 0 saturated carbocycles. The number of nitrogens with one attached hydrogen (secondary N) is 2. The number of anilines is 2. The minimum absolute atomic E-state index is 0.00832. The Hall–Kier alpha value is -3.47. The molecule has 1 heterocycles. The molecule has 0 bridgehead atoms. The van der Waals surface area contributed by atoms with E-state index in [0.717, 1.165) is 44.2 Å². The first-order valence-corrected chi connectivity index (χ1v) is 23.5. The van der Waals surface area contributed by atoms with E-state index in [1.54, 1.807) is 24.9 Å². The monoisotopic (exact) mass is 771 g/mol. The number of amides is 2. The van der Waals surface area contributed by atoms with Gasteiger partial charge in [-0.2, -0.15) is 0 Å². The number of benzene rings is 3. The molecule has 0 aromatic heterocycles. The van der Waals surface area contributed by atoms with E-state index < -0.39 is 46.9 Å². The predicted molar refractivity (Wildman–Crippen MR) is 212 cm³/mol. The maximum atomic E-state index is 14.4. The zero-order chi connectivity index (χ0) is 37.9. The number of para-hydroxylation sites is 1. The molecule has 3 N–H and O–H groups in total. The Kier molecular flexibility index (Phi) is 14.7. The predicted octanol–water partition coefficient (Wildman–Crippen LogP) is 7.77. The fraction of sp³-hybridized carbons (Fsp3) is 0.487. The fourth-order valence-corrected chi connectivity index (χ4v) is 10.1. The number of unbranched alkanes of at least 4 members (excludes halogenated alkanes) is 2. The van der Waals surface area contributed by atoms with Gasteiger partial charge in [-0.05, 0) is 67.8 Å². The highest BCUT2D eigenvalue weighted by Crippen LogP contribution is 2.48. The third kappa shape index (κ3) is 10.8. The van der Waals surface area contributed by atoms with Gasteiger partial charge in [0.15, 0.2) is 16.4 Å². The third-order valence-electron chi connectivity index (χ3n) is 9.76. The van der Waals surface area contributed by atoms with Gasteiger partial charge in [0.25, 0.3) is 5.91 Å². The van der Waals surface area contributed by atoms with Crippen LogP contribution in [-0.4, -0.2) is 76.0 Å². The van der Waals surface area contributed by atoms with Crippen molar-refractivity contribution in [2.75, 3.05) is 55.6 Å². The van der Waals surface area contributed by atoms with Crippen molar-refractivity contribution in [3.63, 3.8) is 0 Å². The van der Waals surface area contributed by atoms with Crippen LogP contribution < -0.4 is 20.3 Å².